The number of ether oxygens (including phenoxy) is 1. The van der Waals surface area contributed by atoms with E-state index >= 15 is 0 Å². The first-order chi connectivity index (χ1) is 13.3. The van der Waals surface area contributed by atoms with Gasteiger partial charge < -0.3 is 10.1 Å². The van der Waals surface area contributed by atoms with Crippen LogP contribution in [0.5, 0.6) is 5.75 Å². The number of hydrogen-bond donors (Lipinski definition) is 1. The fourth-order valence-electron chi connectivity index (χ4n) is 3.85. The second-order valence-corrected chi connectivity index (χ2v) is 7.28. The van der Waals surface area contributed by atoms with Crippen LogP contribution in [0.1, 0.15) is 22.3 Å². The number of nitriles is 1. The number of nitrogens with one attached hydrogen (secondary N) is 1. The van der Waals surface area contributed by atoms with Gasteiger partial charge in [0.05, 0.1) is 5.56 Å². The van der Waals surface area contributed by atoms with Crippen LogP contribution < -0.4 is 10.1 Å². The van der Waals surface area contributed by atoms with E-state index in [1.807, 2.05) is 18.2 Å². The average Bonchev–Trinajstić information content (AvgIpc) is 3.17. The molecule has 2 aliphatic rings. The van der Waals surface area contributed by atoms with Crippen molar-refractivity contribution in [2.75, 3.05) is 39.3 Å². The lowest BCUT2D eigenvalue weighted by Gasteiger charge is -2.34. The quantitative estimate of drug-likeness (QED) is 0.855. The first-order valence-electron chi connectivity index (χ1n) is 9.70. The van der Waals surface area contributed by atoms with E-state index in [-0.39, 0.29) is 0 Å². The van der Waals surface area contributed by atoms with Crippen molar-refractivity contribution < 1.29 is 4.74 Å². The summed E-state index contributed by atoms with van der Waals surface area (Å²) in [5.74, 6) is 0.685. The number of rotatable bonds is 6. The fourth-order valence-corrected chi connectivity index (χ4v) is 3.85. The minimum Gasteiger partial charge on any atom is -0.491 e. The number of para-hydroxylation sites is 1. The molecular weight excluding hydrogens is 336 g/mol. The van der Waals surface area contributed by atoms with Gasteiger partial charge in [-0.05, 0) is 28.8 Å². The molecule has 0 aromatic heterocycles. The van der Waals surface area contributed by atoms with E-state index in [9.17, 15) is 0 Å². The molecule has 1 saturated heterocycles. The zero-order valence-corrected chi connectivity index (χ0v) is 15.7. The van der Waals surface area contributed by atoms with Crippen LogP contribution in [0.3, 0.4) is 0 Å². The summed E-state index contributed by atoms with van der Waals surface area (Å²) in [7, 11) is 0. The monoisotopic (exact) mass is 362 g/mol. The van der Waals surface area contributed by atoms with Gasteiger partial charge in [-0.1, -0.05) is 30.3 Å². The van der Waals surface area contributed by atoms with E-state index in [1.54, 1.807) is 6.07 Å². The van der Waals surface area contributed by atoms with E-state index in [2.05, 4.69) is 39.4 Å². The number of hydrogen-bond acceptors (Lipinski definition) is 5. The largest absolute Gasteiger partial charge is 0.491 e. The Labute approximate surface area is 161 Å². The van der Waals surface area contributed by atoms with Crippen LogP contribution in [-0.2, 0) is 19.6 Å². The van der Waals surface area contributed by atoms with Gasteiger partial charge in [0.1, 0.15) is 18.4 Å². The molecule has 2 heterocycles. The molecule has 5 heteroatoms. The standard InChI is InChI=1S/C22H26N4O/c23-14-19-3-1-2-4-22(19)27-12-11-25-7-9-26(10-8-25)17-18-5-6-20-15-24-16-21(20)13-18/h1-6,13,24H,7-12,15-17H2. The van der Waals surface area contributed by atoms with Crippen LogP contribution in [0.2, 0.25) is 0 Å². The van der Waals surface area contributed by atoms with Gasteiger partial charge >= 0.3 is 0 Å². The highest BCUT2D eigenvalue weighted by atomic mass is 16.5. The van der Waals surface area contributed by atoms with E-state index in [4.69, 9.17) is 10.00 Å². The van der Waals surface area contributed by atoms with E-state index < -0.39 is 0 Å². The summed E-state index contributed by atoms with van der Waals surface area (Å²) >= 11 is 0. The summed E-state index contributed by atoms with van der Waals surface area (Å²) in [6.45, 7) is 8.88. The molecule has 0 saturated carbocycles. The molecule has 0 unspecified atom stereocenters. The molecule has 2 aliphatic heterocycles. The molecule has 1 fully saturated rings. The third-order valence-corrected chi connectivity index (χ3v) is 5.45. The van der Waals surface area contributed by atoms with Crippen molar-refractivity contribution >= 4 is 0 Å². The second kappa shape index (κ2) is 8.53. The molecule has 0 radical (unpaired) electrons. The maximum absolute atomic E-state index is 9.12. The maximum Gasteiger partial charge on any atom is 0.137 e. The highest BCUT2D eigenvalue weighted by Crippen LogP contribution is 2.19. The van der Waals surface area contributed by atoms with Crippen LogP contribution in [-0.4, -0.2) is 49.1 Å². The lowest BCUT2D eigenvalue weighted by atomic mass is 10.1. The van der Waals surface area contributed by atoms with Gasteiger partial charge in [0.15, 0.2) is 0 Å². The number of fused-ring (bicyclic) bond motifs is 1. The lowest BCUT2D eigenvalue weighted by molar-refractivity contribution is 0.112. The Morgan fingerprint density at radius 3 is 2.59 bits per heavy atom. The molecule has 0 aliphatic carbocycles. The van der Waals surface area contributed by atoms with Crippen LogP contribution in [0, 0.1) is 11.3 Å². The Bertz CT molecular complexity index is 821. The van der Waals surface area contributed by atoms with Gasteiger partial charge in [0.2, 0.25) is 0 Å². The van der Waals surface area contributed by atoms with Crippen molar-refractivity contribution in [1.29, 1.82) is 5.26 Å². The number of nitrogens with zero attached hydrogens (tertiary/aromatic N) is 3. The van der Waals surface area contributed by atoms with Crippen molar-refractivity contribution in [2.45, 2.75) is 19.6 Å². The summed E-state index contributed by atoms with van der Waals surface area (Å²) in [6.07, 6.45) is 0. The molecule has 2 aromatic rings. The molecule has 0 bridgehead atoms. The van der Waals surface area contributed by atoms with Crippen LogP contribution in [0.15, 0.2) is 42.5 Å². The SMILES string of the molecule is N#Cc1ccccc1OCCN1CCN(Cc2ccc3c(c2)CNC3)CC1. The van der Waals surface area contributed by atoms with Crippen LogP contribution in [0.4, 0.5) is 0 Å². The average molecular weight is 362 g/mol. The van der Waals surface area contributed by atoms with Crippen molar-refractivity contribution in [3.05, 3.63) is 64.7 Å². The summed E-state index contributed by atoms with van der Waals surface area (Å²) in [4.78, 5) is 4.98. The first kappa shape index (κ1) is 18.0. The normalized spacial score (nSPS) is 17.4. The Balaban J connectivity index is 1.21. The zero-order chi connectivity index (χ0) is 18.5. The molecular formula is C22H26N4O. The van der Waals surface area contributed by atoms with Crippen molar-refractivity contribution in [1.82, 2.24) is 15.1 Å². The topological polar surface area (TPSA) is 51.5 Å². The maximum atomic E-state index is 9.12. The van der Waals surface area contributed by atoms with Gasteiger partial charge in [0, 0.05) is 52.4 Å². The van der Waals surface area contributed by atoms with Gasteiger partial charge in [-0.15, -0.1) is 0 Å². The molecule has 27 heavy (non-hydrogen) atoms. The predicted octanol–water partition coefficient (Wildman–Crippen LogP) is 2.36. The van der Waals surface area contributed by atoms with Gasteiger partial charge in [-0.25, -0.2) is 0 Å². The zero-order valence-electron chi connectivity index (χ0n) is 15.7. The molecule has 0 amide bonds. The summed E-state index contributed by atoms with van der Waals surface area (Å²) in [5.41, 5.74) is 4.93. The van der Waals surface area contributed by atoms with Crippen molar-refractivity contribution in [3.8, 4) is 11.8 Å². The van der Waals surface area contributed by atoms with Crippen molar-refractivity contribution in [3.63, 3.8) is 0 Å². The highest BCUT2D eigenvalue weighted by molar-refractivity contribution is 5.42. The lowest BCUT2D eigenvalue weighted by Crippen LogP contribution is -2.47. The Morgan fingerprint density at radius 1 is 0.963 bits per heavy atom. The minimum absolute atomic E-state index is 0.604. The smallest absolute Gasteiger partial charge is 0.137 e. The molecule has 5 nitrogen and oxygen atoms in total. The number of benzene rings is 2. The molecule has 4 rings (SSSR count). The van der Waals surface area contributed by atoms with Gasteiger partial charge in [0.25, 0.3) is 0 Å². The predicted molar refractivity (Wildman–Crippen MR) is 105 cm³/mol. The van der Waals surface area contributed by atoms with Crippen LogP contribution in [0.25, 0.3) is 0 Å². The fraction of sp³-hybridized carbons (Fsp3) is 0.409. The minimum atomic E-state index is 0.604. The van der Waals surface area contributed by atoms with Gasteiger partial charge in [-0.3, -0.25) is 9.80 Å². The van der Waals surface area contributed by atoms with Gasteiger partial charge in [-0.2, -0.15) is 5.26 Å². The summed E-state index contributed by atoms with van der Waals surface area (Å²) < 4.78 is 5.81. The first-order valence-corrected chi connectivity index (χ1v) is 9.70. The third kappa shape index (κ3) is 4.48. The Kier molecular flexibility index (Phi) is 5.69. The van der Waals surface area contributed by atoms with E-state index in [0.717, 1.165) is 52.4 Å². The second-order valence-electron chi connectivity index (χ2n) is 7.28. The molecule has 0 spiro atoms. The molecule has 2 aromatic carbocycles. The van der Waals surface area contributed by atoms with E-state index in [1.165, 1.54) is 16.7 Å². The third-order valence-electron chi connectivity index (χ3n) is 5.45. The molecule has 0 atom stereocenters. The summed E-state index contributed by atoms with van der Waals surface area (Å²) in [6, 6.07) is 16.5. The van der Waals surface area contributed by atoms with Crippen molar-refractivity contribution in [2.24, 2.45) is 0 Å². The Morgan fingerprint density at radius 2 is 1.74 bits per heavy atom. The number of piperazine rings is 1. The molecule has 1 N–H and O–H groups in total. The van der Waals surface area contributed by atoms with E-state index in [0.29, 0.717) is 17.9 Å². The Hall–Kier alpha value is -2.39. The summed E-state index contributed by atoms with van der Waals surface area (Å²) in [5, 5.41) is 12.5. The highest BCUT2D eigenvalue weighted by Gasteiger charge is 2.18. The van der Waals surface area contributed by atoms with Crippen LogP contribution >= 0.6 is 0 Å². The molecule has 140 valence electrons.